The number of likely N-dealkylation sites (tertiary alicyclic amines) is 1. The van der Waals surface area contributed by atoms with E-state index >= 15 is 0 Å². The smallest absolute Gasteiger partial charge is 0.241 e. The highest BCUT2D eigenvalue weighted by atomic mass is 16.5. The molecule has 2 heterocycles. The number of hydrogen-bond donors (Lipinski definition) is 2. The zero-order valence-corrected chi connectivity index (χ0v) is 14.5. The number of hydrazine groups is 1. The van der Waals surface area contributed by atoms with Crippen LogP contribution in [0, 0.1) is 0 Å². The topological polar surface area (TPSA) is 62.8 Å². The quantitative estimate of drug-likeness (QED) is 0.857. The maximum Gasteiger partial charge on any atom is 0.241 e. The summed E-state index contributed by atoms with van der Waals surface area (Å²) in [7, 11) is 1.74. The fourth-order valence-corrected chi connectivity index (χ4v) is 3.51. The number of nitrogens with one attached hydrogen (secondary N) is 2. The third kappa shape index (κ3) is 3.71. The molecular weight excluding hydrogens is 306 g/mol. The average molecular weight is 333 g/mol. The summed E-state index contributed by atoms with van der Waals surface area (Å²) < 4.78 is 11.1. The van der Waals surface area contributed by atoms with Crippen molar-refractivity contribution in [1.29, 1.82) is 0 Å². The van der Waals surface area contributed by atoms with Crippen molar-refractivity contribution in [1.82, 2.24) is 15.8 Å². The average Bonchev–Trinajstić information content (AvgIpc) is 3.12. The molecule has 2 aliphatic heterocycles. The Hall–Kier alpha value is -1.63. The van der Waals surface area contributed by atoms with Crippen LogP contribution < -0.4 is 15.6 Å². The van der Waals surface area contributed by atoms with Crippen LogP contribution in [0.5, 0.6) is 5.75 Å². The van der Waals surface area contributed by atoms with Crippen LogP contribution >= 0.6 is 0 Å². The van der Waals surface area contributed by atoms with Crippen molar-refractivity contribution in [3.05, 3.63) is 29.8 Å². The number of rotatable bonds is 5. The summed E-state index contributed by atoms with van der Waals surface area (Å²) in [6.45, 7) is 4.16. The molecule has 0 spiro atoms. The fraction of sp³-hybridized carbons (Fsp3) is 0.611. The minimum atomic E-state index is -0.191. The SMILES string of the molecule is CCOc1ccccc1C1CC(C(=O)N2CCC(OC)CC2)NN1. The number of carbonyl (C=O) groups excluding carboxylic acids is 1. The van der Waals surface area contributed by atoms with E-state index in [2.05, 4.69) is 16.9 Å². The van der Waals surface area contributed by atoms with Gasteiger partial charge in [-0.25, -0.2) is 10.9 Å². The molecule has 1 aromatic rings. The number of nitrogens with zero attached hydrogens (tertiary/aromatic N) is 1. The summed E-state index contributed by atoms with van der Waals surface area (Å²) in [5, 5.41) is 0. The van der Waals surface area contributed by atoms with E-state index in [1.165, 1.54) is 0 Å². The van der Waals surface area contributed by atoms with Crippen LogP contribution in [-0.4, -0.2) is 49.8 Å². The van der Waals surface area contributed by atoms with Gasteiger partial charge in [-0.3, -0.25) is 4.79 Å². The Balaban J connectivity index is 1.60. The number of amides is 1. The number of para-hydroxylation sites is 1. The second-order valence-electron chi connectivity index (χ2n) is 6.36. The van der Waals surface area contributed by atoms with Crippen molar-refractivity contribution in [2.45, 2.75) is 44.4 Å². The molecule has 0 saturated carbocycles. The first kappa shape index (κ1) is 17.2. The molecule has 2 N–H and O–H groups in total. The van der Waals surface area contributed by atoms with Crippen molar-refractivity contribution in [2.75, 3.05) is 26.8 Å². The Morgan fingerprint density at radius 2 is 2.00 bits per heavy atom. The van der Waals surface area contributed by atoms with Crippen LogP contribution in [0.3, 0.4) is 0 Å². The lowest BCUT2D eigenvalue weighted by Gasteiger charge is -2.32. The van der Waals surface area contributed by atoms with Crippen molar-refractivity contribution >= 4 is 5.91 Å². The number of carbonyl (C=O) groups is 1. The summed E-state index contributed by atoms with van der Waals surface area (Å²) in [5.74, 6) is 1.06. The number of benzene rings is 1. The van der Waals surface area contributed by atoms with E-state index in [1.807, 2.05) is 30.0 Å². The van der Waals surface area contributed by atoms with E-state index in [0.717, 1.165) is 43.7 Å². The van der Waals surface area contributed by atoms with E-state index in [1.54, 1.807) is 7.11 Å². The highest BCUT2D eigenvalue weighted by Crippen LogP contribution is 2.30. The first-order valence-corrected chi connectivity index (χ1v) is 8.77. The lowest BCUT2D eigenvalue weighted by molar-refractivity contribution is -0.135. The fourth-order valence-electron chi connectivity index (χ4n) is 3.51. The van der Waals surface area contributed by atoms with Gasteiger partial charge in [-0.05, 0) is 32.3 Å². The lowest BCUT2D eigenvalue weighted by Crippen LogP contribution is -2.49. The minimum Gasteiger partial charge on any atom is -0.494 e. The standard InChI is InChI=1S/C18H27N3O3/c1-3-24-17-7-5-4-6-14(17)15-12-16(20-19-15)18(22)21-10-8-13(23-2)9-11-21/h4-7,13,15-16,19-20H,3,8-12H2,1-2H3. The third-order valence-corrected chi connectivity index (χ3v) is 4.88. The molecule has 132 valence electrons. The molecule has 0 bridgehead atoms. The van der Waals surface area contributed by atoms with Gasteiger partial charge in [0.05, 0.1) is 18.8 Å². The first-order chi connectivity index (χ1) is 11.7. The highest BCUT2D eigenvalue weighted by Gasteiger charge is 2.35. The molecule has 2 aliphatic rings. The second-order valence-corrected chi connectivity index (χ2v) is 6.36. The normalized spacial score (nSPS) is 25.0. The second kappa shape index (κ2) is 7.96. The van der Waals surface area contributed by atoms with Gasteiger partial charge in [0.1, 0.15) is 11.8 Å². The molecule has 2 saturated heterocycles. The van der Waals surface area contributed by atoms with E-state index in [0.29, 0.717) is 6.61 Å². The molecule has 2 atom stereocenters. The minimum absolute atomic E-state index is 0.0817. The van der Waals surface area contributed by atoms with Gasteiger partial charge in [0.15, 0.2) is 0 Å². The summed E-state index contributed by atoms with van der Waals surface area (Å²) in [6.07, 6.45) is 2.85. The van der Waals surface area contributed by atoms with Gasteiger partial charge in [-0.2, -0.15) is 0 Å². The predicted molar refractivity (Wildman–Crippen MR) is 91.6 cm³/mol. The Labute approximate surface area is 143 Å². The third-order valence-electron chi connectivity index (χ3n) is 4.88. The van der Waals surface area contributed by atoms with Gasteiger partial charge in [0, 0.05) is 25.8 Å². The van der Waals surface area contributed by atoms with Crippen molar-refractivity contribution in [2.24, 2.45) is 0 Å². The molecule has 6 heteroatoms. The molecule has 0 radical (unpaired) electrons. The zero-order chi connectivity index (χ0) is 16.9. The zero-order valence-electron chi connectivity index (χ0n) is 14.5. The molecule has 6 nitrogen and oxygen atoms in total. The van der Waals surface area contributed by atoms with Crippen LogP contribution in [-0.2, 0) is 9.53 Å². The molecule has 24 heavy (non-hydrogen) atoms. The van der Waals surface area contributed by atoms with Crippen LogP contribution in [0.2, 0.25) is 0 Å². The van der Waals surface area contributed by atoms with E-state index in [4.69, 9.17) is 9.47 Å². The Morgan fingerprint density at radius 1 is 1.25 bits per heavy atom. The van der Waals surface area contributed by atoms with Crippen LogP contribution in [0.1, 0.15) is 37.8 Å². The molecule has 1 amide bonds. The van der Waals surface area contributed by atoms with Crippen molar-refractivity contribution in [3.8, 4) is 5.75 Å². The summed E-state index contributed by atoms with van der Waals surface area (Å²) in [6, 6.07) is 7.90. The van der Waals surface area contributed by atoms with Crippen LogP contribution in [0.15, 0.2) is 24.3 Å². The number of methoxy groups -OCH3 is 1. The van der Waals surface area contributed by atoms with E-state index in [-0.39, 0.29) is 24.1 Å². The molecular formula is C18H27N3O3. The Kier molecular flexibility index (Phi) is 5.71. The van der Waals surface area contributed by atoms with Gasteiger partial charge in [-0.15, -0.1) is 0 Å². The summed E-state index contributed by atoms with van der Waals surface area (Å²) in [4.78, 5) is 14.7. The van der Waals surface area contributed by atoms with Gasteiger partial charge in [-0.1, -0.05) is 18.2 Å². The molecule has 0 aromatic heterocycles. The van der Waals surface area contributed by atoms with Gasteiger partial charge >= 0.3 is 0 Å². The van der Waals surface area contributed by atoms with Crippen LogP contribution in [0.25, 0.3) is 0 Å². The molecule has 2 fully saturated rings. The first-order valence-electron chi connectivity index (χ1n) is 8.77. The van der Waals surface area contributed by atoms with E-state index < -0.39 is 0 Å². The lowest BCUT2D eigenvalue weighted by atomic mass is 9.99. The van der Waals surface area contributed by atoms with Gasteiger partial charge in [0.25, 0.3) is 0 Å². The molecule has 0 aliphatic carbocycles. The molecule has 3 rings (SSSR count). The van der Waals surface area contributed by atoms with Gasteiger partial charge in [0.2, 0.25) is 5.91 Å². The van der Waals surface area contributed by atoms with Crippen LogP contribution in [0.4, 0.5) is 0 Å². The number of piperidine rings is 1. The Morgan fingerprint density at radius 3 is 2.71 bits per heavy atom. The van der Waals surface area contributed by atoms with Crippen molar-refractivity contribution in [3.63, 3.8) is 0 Å². The largest absolute Gasteiger partial charge is 0.494 e. The number of hydrogen-bond acceptors (Lipinski definition) is 5. The van der Waals surface area contributed by atoms with Gasteiger partial charge < -0.3 is 14.4 Å². The highest BCUT2D eigenvalue weighted by molar-refractivity contribution is 5.82. The maximum absolute atomic E-state index is 12.7. The predicted octanol–water partition coefficient (Wildman–Crippen LogP) is 1.63. The monoisotopic (exact) mass is 333 g/mol. The molecule has 1 aromatic carbocycles. The molecule has 2 unspecified atom stereocenters. The maximum atomic E-state index is 12.7. The summed E-state index contributed by atoms with van der Waals surface area (Å²) >= 11 is 0. The summed E-state index contributed by atoms with van der Waals surface area (Å²) in [5.41, 5.74) is 7.53. The van der Waals surface area contributed by atoms with Crippen molar-refractivity contribution < 1.29 is 14.3 Å². The Bertz CT molecular complexity index is 558. The van der Waals surface area contributed by atoms with E-state index in [9.17, 15) is 4.79 Å². The number of ether oxygens (including phenoxy) is 2.